The molecule has 0 amide bonds. The van der Waals surface area contributed by atoms with Crippen molar-refractivity contribution in [3.05, 3.63) is 71.8 Å². The topological polar surface area (TPSA) is 97.4 Å². The predicted octanol–water partition coefficient (Wildman–Crippen LogP) is 2.76. The Hall–Kier alpha value is -3.23. The molecule has 1 aliphatic heterocycles. The minimum atomic E-state index is -1.15. The largest absolute Gasteiger partial charge is 0.453 e. The summed E-state index contributed by atoms with van der Waals surface area (Å²) in [5, 5.41) is 0. The standard InChI is InChI=1S/C23H24O8/c1-14-18(30-21(25)16-10-6-4-7-11-16)19(20(29-15(2)24)23(27-3)28-14)31-22(26)17-12-8-5-9-13-17/h4-14,18-20,23H,1-3H3/t14-,18-,19+,20-,23-/m0/s1. The Balaban J connectivity index is 1.91. The van der Waals surface area contributed by atoms with Crippen molar-refractivity contribution in [2.24, 2.45) is 0 Å². The smallest absolute Gasteiger partial charge is 0.338 e. The van der Waals surface area contributed by atoms with E-state index in [-0.39, 0.29) is 0 Å². The molecule has 0 aliphatic carbocycles. The van der Waals surface area contributed by atoms with Crippen molar-refractivity contribution >= 4 is 17.9 Å². The molecule has 164 valence electrons. The second kappa shape index (κ2) is 10.2. The third-order valence-corrected chi connectivity index (χ3v) is 4.77. The van der Waals surface area contributed by atoms with Crippen LogP contribution in [0.2, 0.25) is 0 Å². The van der Waals surface area contributed by atoms with Crippen molar-refractivity contribution < 1.29 is 38.1 Å². The lowest BCUT2D eigenvalue weighted by Gasteiger charge is -2.43. The van der Waals surface area contributed by atoms with E-state index >= 15 is 0 Å². The van der Waals surface area contributed by atoms with Crippen molar-refractivity contribution in [1.82, 2.24) is 0 Å². The molecule has 2 aromatic rings. The lowest BCUT2D eigenvalue weighted by Crippen LogP contribution is -2.61. The molecule has 0 aromatic heterocycles. The number of ether oxygens (including phenoxy) is 5. The first-order chi connectivity index (χ1) is 14.9. The van der Waals surface area contributed by atoms with Gasteiger partial charge in [-0.2, -0.15) is 0 Å². The van der Waals surface area contributed by atoms with E-state index in [1.807, 2.05) is 0 Å². The first-order valence-electron chi connectivity index (χ1n) is 9.78. The SMILES string of the molecule is CO[C@H]1O[C@@H](C)[C@H](OC(=O)c2ccccc2)[C@@H](OC(=O)c2ccccc2)[C@@H]1OC(C)=O. The van der Waals surface area contributed by atoms with E-state index in [4.69, 9.17) is 23.7 Å². The van der Waals surface area contributed by atoms with Gasteiger partial charge in [-0.25, -0.2) is 9.59 Å². The van der Waals surface area contributed by atoms with Crippen LogP contribution in [0.5, 0.6) is 0 Å². The molecule has 2 aromatic carbocycles. The minimum absolute atomic E-state index is 0.297. The second-order valence-corrected chi connectivity index (χ2v) is 6.99. The zero-order valence-corrected chi connectivity index (χ0v) is 17.4. The van der Waals surface area contributed by atoms with Crippen LogP contribution in [0.3, 0.4) is 0 Å². The van der Waals surface area contributed by atoms with E-state index in [2.05, 4.69) is 0 Å². The molecule has 0 bridgehead atoms. The van der Waals surface area contributed by atoms with Gasteiger partial charge in [-0.1, -0.05) is 36.4 Å². The highest BCUT2D eigenvalue weighted by Crippen LogP contribution is 2.30. The third kappa shape index (κ3) is 5.48. The van der Waals surface area contributed by atoms with Crippen molar-refractivity contribution in [2.75, 3.05) is 7.11 Å². The van der Waals surface area contributed by atoms with Gasteiger partial charge in [0.25, 0.3) is 0 Å². The molecule has 0 radical (unpaired) electrons. The van der Waals surface area contributed by atoms with Gasteiger partial charge in [-0.05, 0) is 31.2 Å². The van der Waals surface area contributed by atoms with E-state index in [0.29, 0.717) is 11.1 Å². The van der Waals surface area contributed by atoms with Gasteiger partial charge < -0.3 is 23.7 Å². The normalized spacial score (nSPS) is 25.3. The number of benzene rings is 2. The van der Waals surface area contributed by atoms with Crippen LogP contribution in [-0.2, 0) is 28.5 Å². The van der Waals surface area contributed by atoms with Crippen LogP contribution in [0.15, 0.2) is 60.7 Å². The van der Waals surface area contributed by atoms with Crippen molar-refractivity contribution in [3.8, 4) is 0 Å². The number of hydrogen-bond acceptors (Lipinski definition) is 8. The van der Waals surface area contributed by atoms with Gasteiger partial charge in [-0.15, -0.1) is 0 Å². The van der Waals surface area contributed by atoms with Gasteiger partial charge in [0.2, 0.25) is 0 Å². The maximum absolute atomic E-state index is 12.8. The Morgan fingerprint density at radius 3 is 1.68 bits per heavy atom. The van der Waals surface area contributed by atoms with Crippen LogP contribution in [-0.4, -0.2) is 55.7 Å². The van der Waals surface area contributed by atoms with Gasteiger partial charge in [0.15, 0.2) is 24.6 Å². The monoisotopic (exact) mass is 428 g/mol. The van der Waals surface area contributed by atoms with Gasteiger partial charge in [0, 0.05) is 14.0 Å². The van der Waals surface area contributed by atoms with Gasteiger partial charge in [0.05, 0.1) is 17.2 Å². The second-order valence-electron chi connectivity index (χ2n) is 6.99. The maximum atomic E-state index is 12.8. The van der Waals surface area contributed by atoms with Crippen LogP contribution in [0.4, 0.5) is 0 Å². The van der Waals surface area contributed by atoms with Crippen LogP contribution >= 0.6 is 0 Å². The number of esters is 3. The Morgan fingerprint density at radius 1 is 0.742 bits per heavy atom. The lowest BCUT2D eigenvalue weighted by atomic mass is 9.98. The number of methoxy groups -OCH3 is 1. The van der Waals surface area contributed by atoms with Crippen molar-refractivity contribution in [2.45, 2.75) is 44.6 Å². The first-order valence-corrected chi connectivity index (χ1v) is 9.78. The Morgan fingerprint density at radius 2 is 1.23 bits per heavy atom. The van der Waals surface area contributed by atoms with Gasteiger partial charge in [-0.3, -0.25) is 4.79 Å². The summed E-state index contributed by atoms with van der Waals surface area (Å²) in [5.74, 6) is -1.91. The fraction of sp³-hybridized carbons (Fsp3) is 0.348. The number of rotatable bonds is 6. The van der Waals surface area contributed by atoms with Crippen molar-refractivity contribution in [1.29, 1.82) is 0 Å². The molecule has 8 heteroatoms. The summed E-state index contributed by atoms with van der Waals surface area (Å²) >= 11 is 0. The highest BCUT2D eigenvalue weighted by molar-refractivity contribution is 5.90. The molecule has 0 unspecified atom stereocenters. The number of carbonyl (C=O) groups is 3. The molecule has 31 heavy (non-hydrogen) atoms. The zero-order valence-electron chi connectivity index (χ0n) is 17.4. The molecular formula is C23H24O8. The molecule has 1 saturated heterocycles. The average molecular weight is 428 g/mol. The number of hydrogen-bond donors (Lipinski definition) is 0. The van der Waals surface area contributed by atoms with E-state index in [0.717, 1.165) is 0 Å². The molecule has 0 N–H and O–H groups in total. The van der Waals surface area contributed by atoms with Crippen molar-refractivity contribution in [3.63, 3.8) is 0 Å². The highest BCUT2D eigenvalue weighted by atomic mass is 16.7. The van der Waals surface area contributed by atoms with E-state index in [1.54, 1.807) is 67.6 Å². The molecule has 0 saturated carbocycles. The van der Waals surface area contributed by atoms with E-state index < -0.39 is 48.6 Å². The fourth-order valence-corrected chi connectivity index (χ4v) is 3.31. The third-order valence-electron chi connectivity index (χ3n) is 4.77. The highest BCUT2D eigenvalue weighted by Gasteiger charge is 2.51. The van der Waals surface area contributed by atoms with E-state index in [9.17, 15) is 14.4 Å². The van der Waals surface area contributed by atoms with Gasteiger partial charge in [0.1, 0.15) is 0 Å². The molecule has 0 spiro atoms. The summed E-state index contributed by atoms with van der Waals surface area (Å²) in [5.41, 5.74) is 0.617. The van der Waals surface area contributed by atoms with Crippen LogP contribution in [0.1, 0.15) is 34.6 Å². The molecule has 3 rings (SSSR count). The van der Waals surface area contributed by atoms with Crippen LogP contribution in [0.25, 0.3) is 0 Å². The molecular weight excluding hydrogens is 404 g/mol. The summed E-state index contributed by atoms with van der Waals surface area (Å²) in [6, 6.07) is 16.7. The summed E-state index contributed by atoms with van der Waals surface area (Å²) < 4.78 is 27.7. The number of carbonyl (C=O) groups excluding carboxylic acids is 3. The summed E-state index contributed by atoms with van der Waals surface area (Å²) in [7, 11) is 1.38. The Kier molecular flexibility index (Phi) is 7.38. The first kappa shape index (κ1) is 22.5. The van der Waals surface area contributed by atoms with Crippen LogP contribution in [0, 0.1) is 0 Å². The minimum Gasteiger partial charge on any atom is -0.453 e. The van der Waals surface area contributed by atoms with Gasteiger partial charge >= 0.3 is 17.9 Å². The summed E-state index contributed by atoms with van der Waals surface area (Å²) in [6.45, 7) is 2.87. The lowest BCUT2D eigenvalue weighted by molar-refractivity contribution is -0.288. The quantitative estimate of drug-likeness (QED) is 0.512. The fourth-order valence-electron chi connectivity index (χ4n) is 3.31. The average Bonchev–Trinajstić information content (AvgIpc) is 2.78. The molecule has 1 heterocycles. The molecule has 1 fully saturated rings. The molecule has 8 nitrogen and oxygen atoms in total. The summed E-state index contributed by atoms with van der Waals surface area (Å²) in [4.78, 5) is 37.2. The Labute approximate surface area is 180 Å². The molecule has 1 aliphatic rings. The molecule has 5 atom stereocenters. The zero-order chi connectivity index (χ0) is 22.4. The van der Waals surface area contributed by atoms with E-state index in [1.165, 1.54) is 14.0 Å². The maximum Gasteiger partial charge on any atom is 0.338 e. The van der Waals surface area contributed by atoms with Crippen LogP contribution < -0.4 is 0 Å². The Bertz CT molecular complexity index is 898. The summed E-state index contributed by atoms with van der Waals surface area (Å²) in [6.07, 6.45) is -5.06. The predicted molar refractivity (Wildman–Crippen MR) is 108 cm³/mol.